The van der Waals surface area contributed by atoms with Gasteiger partial charge < -0.3 is 4.90 Å². The first kappa shape index (κ1) is 11.5. The van der Waals surface area contributed by atoms with E-state index in [4.69, 9.17) is 0 Å². The second kappa shape index (κ2) is 3.68. The summed E-state index contributed by atoms with van der Waals surface area (Å²) in [6.07, 6.45) is 3.71. The van der Waals surface area contributed by atoms with Crippen LogP contribution in [-0.4, -0.2) is 56.0 Å². The Morgan fingerprint density at radius 3 is 2.47 bits per heavy atom. The number of sulfonamides is 1. The molecule has 96 valence electrons. The molecular weight excluding hydrogens is 240 g/mol. The summed E-state index contributed by atoms with van der Waals surface area (Å²) in [6.45, 7) is 2.57. The van der Waals surface area contributed by atoms with Gasteiger partial charge in [0.15, 0.2) is 0 Å². The molecule has 2 aliphatic heterocycles. The molecule has 3 rings (SSSR count). The third kappa shape index (κ3) is 2.08. The van der Waals surface area contributed by atoms with Crippen LogP contribution in [0.5, 0.6) is 0 Å². The number of hydrogen-bond acceptors (Lipinski definition) is 3. The van der Waals surface area contributed by atoms with Crippen molar-refractivity contribution in [1.82, 2.24) is 9.21 Å². The van der Waals surface area contributed by atoms with Crippen LogP contribution in [0.4, 0.5) is 0 Å². The van der Waals surface area contributed by atoms with E-state index in [9.17, 15) is 13.2 Å². The van der Waals surface area contributed by atoms with Crippen molar-refractivity contribution in [2.75, 3.05) is 32.4 Å². The van der Waals surface area contributed by atoms with Gasteiger partial charge in [0, 0.05) is 32.1 Å². The zero-order valence-corrected chi connectivity index (χ0v) is 10.8. The Bertz CT molecular complexity index is 444. The summed E-state index contributed by atoms with van der Waals surface area (Å²) in [5.74, 6) is 1.02. The van der Waals surface area contributed by atoms with E-state index in [1.165, 1.54) is 23.4 Å². The minimum Gasteiger partial charge on any atom is -0.342 e. The second-order valence-electron chi connectivity index (χ2n) is 5.63. The number of hydrogen-bond donors (Lipinski definition) is 0. The maximum absolute atomic E-state index is 12.1. The van der Waals surface area contributed by atoms with Gasteiger partial charge >= 0.3 is 0 Å². The first-order chi connectivity index (χ1) is 7.95. The molecule has 1 saturated carbocycles. The van der Waals surface area contributed by atoms with Crippen LogP contribution >= 0.6 is 0 Å². The minimum atomic E-state index is -3.13. The van der Waals surface area contributed by atoms with Crippen molar-refractivity contribution in [2.24, 2.45) is 17.8 Å². The highest BCUT2D eigenvalue weighted by molar-refractivity contribution is 7.88. The van der Waals surface area contributed by atoms with Gasteiger partial charge in [0.1, 0.15) is 0 Å². The molecule has 0 aromatic rings. The fourth-order valence-corrected chi connectivity index (χ4v) is 3.85. The number of carbonyl (C=O) groups is 1. The number of amides is 1. The molecule has 0 unspecified atom stereocenters. The highest BCUT2D eigenvalue weighted by Gasteiger charge is 2.48. The Balaban J connectivity index is 1.67. The fraction of sp³-hybridized carbons (Fsp3) is 0.909. The summed E-state index contributed by atoms with van der Waals surface area (Å²) in [5, 5.41) is 0. The quantitative estimate of drug-likeness (QED) is 0.701. The number of carbonyl (C=O) groups excluding carboxylic acids is 1. The van der Waals surface area contributed by atoms with Crippen LogP contribution in [-0.2, 0) is 14.8 Å². The number of likely N-dealkylation sites (tertiary alicyclic amines) is 1. The zero-order valence-electron chi connectivity index (χ0n) is 10.0. The van der Waals surface area contributed by atoms with Gasteiger partial charge in [0.05, 0.1) is 12.2 Å². The van der Waals surface area contributed by atoms with Crippen molar-refractivity contribution in [2.45, 2.75) is 12.8 Å². The maximum Gasteiger partial charge on any atom is 0.227 e. The highest BCUT2D eigenvalue weighted by atomic mass is 32.2. The third-order valence-electron chi connectivity index (χ3n) is 4.14. The molecule has 17 heavy (non-hydrogen) atoms. The molecule has 0 aromatic carbocycles. The van der Waals surface area contributed by atoms with Crippen LogP contribution in [0, 0.1) is 17.8 Å². The van der Waals surface area contributed by atoms with E-state index in [2.05, 4.69) is 0 Å². The molecule has 2 heterocycles. The van der Waals surface area contributed by atoms with Crippen molar-refractivity contribution in [3.63, 3.8) is 0 Å². The van der Waals surface area contributed by atoms with Crippen molar-refractivity contribution < 1.29 is 13.2 Å². The summed E-state index contributed by atoms with van der Waals surface area (Å²) < 4.78 is 24.3. The average molecular weight is 258 g/mol. The zero-order chi connectivity index (χ0) is 12.2. The maximum atomic E-state index is 12.1. The highest BCUT2D eigenvalue weighted by Crippen LogP contribution is 2.37. The van der Waals surface area contributed by atoms with Gasteiger partial charge in [-0.15, -0.1) is 0 Å². The smallest absolute Gasteiger partial charge is 0.227 e. The summed E-state index contributed by atoms with van der Waals surface area (Å²) in [4.78, 5) is 14.1. The summed E-state index contributed by atoms with van der Waals surface area (Å²) in [5.41, 5.74) is 0. The third-order valence-corrected chi connectivity index (χ3v) is 5.37. The standard InChI is InChI=1S/C11H18N2O3S/c1-17(15,16)13-6-9-5-12(4-8-2-3-8)11(14)10(9)7-13/h8-10H,2-7H2,1H3/t9-,10+/m0/s1. The number of nitrogens with zero attached hydrogens (tertiary/aromatic N) is 2. The van der Waals surface area contributed by atoms with E-state index in [0.717, 1.165) is 13.1 Å². The van der Waals surface area contributed by atoms with Crippen LogP contribution in [0.1, 0.15) is 12.8 Å². The van der Waals surface area contributed by atoms with E-state index in [1.54, 1.807) is 0 Å². The van der Waals surface area contributed by atoms with E-state index >= 15 is 0 Å². The van der Waals surface area contributed by atoms with Gasteiger partial charge in [-0.2, -0.15) is 0 Å². The van der Waals surface area contributed by atoms with Crippen LogP contribution in [0.3, 0.4) is 0 Å². The summed E-state index contributed by atoms with van der Waals surface area (Å²) >= 11 is 0. The lowest BCUT2D eigenvalue weighted by Gasteiger charge is -2.20. The molecule has 1 amide bonds. The van der Waals surface area contributed by atoms with E-state index < -0.39 is 10.0 Å². The predicted molar refractivity (Wildman–Crippen MR) is 62.7 cm³/mol. The molecule has 6 heteroatoms. The van der Waals surface area contributed by atoms with Crippen molar-refractivity contribution in [3.8, 4) is 0 Å². The Hall–Kier alpha value is -0.620. The van der Waals surface area contributed by atoms with Crippen LogP contribution in [0.25, 0.3) is 0 Å². The van der Waals surface area contributed by atoms with Crippen LogP contribution < -0.4 is 0 Å². The van der Waals surface area contributed by atoms with Crippen LogP contribution in [0.2, 0.25) is 0 Å². The van der Waals surface area contributed by atoms with Gasteiger partial charge in [-0.1, -0.05) is 0 Å². The monoisotopic (exact) mass is 258 g/mol. The largest absolute Gasteiger partial charge is 0.342 e. The summed E-state index contributed by atoms with van der Waals surface area (Å²) in [6, 6.07) is 0. The van der Waals surface area contributed by atoms with E-state index in [-0.39, 0.29) is 17.7 Å². The second-order valence-corrected chi connectivity index (χ2v) is 7.62. The molecule has 3 aliphatic rings. The Morgan fingerprint density at radius 2 is 1.94 bits per heavy atom. The molecule has 0 aromatic heterocycles. The lowest BCUT2D eigenvalue weighted by atomic mass is 10.0. The molecule has 2 atom stereocenters. The topological polar surface area (TPSA) is 57.7 Å². The fourth-order valence-electron chi connectivity index (χ4n) is 2.95. The van der Waals surface area contributed by atoms with Crippen LogP contribution in [0.15, 0.2) is 0 Å². The molecule has 3 fully saturated rings. The summed E-state index contributed by atoms with van der Waals surface area (Å²) in [7, 11) is -3.13. The van der Waals surface area contributed by atoms with Gasteiger partial charge in [0.25, 0.3) is 0 Å². The SMILES string of the molecule is CS(=O)(=O)N1C[C@@H]2CN(CC3CC3)C(=O)[C@@H]2C1. The Kier molecular flexibility index (Phi) is 2.49. The molecule has 0 radical (unpaired) electrons. The Labute approximate surface area is 102 Å². The molecule has 0 bridgehead atoms. The van der Waals surface area contributed by atoms with Gasteiger partial charge in [0.2, 0.25) is 15.9 Å². The lowest BCUT2D eigenvalue weighted by Crippen LogP contribution is -2.36. The Morgan fingerprint density at radius 1 is 1.24 bits per heavy atom. The van der Waals surface area contributed by atoms with Gasteiger partial charge in [-0.3, -0.25) is 4.79 Å². The van der Waals surface area contributed by atoms with Crippen molar-refractivity contribution in [3.05, 3.63) is 0 Å². The van der Waals surface area contributed by atoms with Crippen molar-refractivity contribution >= 4 is 15.9 Å². The normalized spacial score (nSPS) is 34.4. The molecule has 0 spiro atoms. The molecule has 5 nitrogen and oxygen atoms in total. The van der Waals surface area contributed by atoms with Gasteiger partial charge in [-0.25, -0.2) is 12.7 Å². The molecule has 2 saturated heterocycles. The lowest BCUT2D eigenvalue weighted by molar-refractivity contribution is -0.131. The predicted octanol–water partition coefficient (Wildman–Crippen LogP) is -0.254. The van der Waals surface area contributed by atoms with Crippen molar-refractivity contribution in [1.29, 1.82) is 0 Å². The molecule has 0 N–H and O–H groups in total. The average Bonchev–Trinajstić information content (AvgIpc) is 2.84. The first-order valence-corrected chi connectivity index (χ1v) is 8.04. The minimum absolute atomic E-state index is 0.0801. The van der Waals surface area contributed by atoms with Gasteiger partial charge in [-0.05, 0) is 18.8 Å². The number of fused-ring (bicyclic) bond motifs is 1. The molecule has 1 aliphatic carbocycles. The van der Waals surface area contributed by atoms with E-state index in [0.29, 0.717) is 19.0 Å². The van der Waals surface area contributed by atoms with E-state index in [1.807, 2.05) is 4.90 Å². The first-order valence-electron chi connectivity index (χ1n) is 6.19. The number of rotatable bonds is 3. The molecular formula is C11H18N2O3S.